The summed E-state index contributed by atoms with van der Waals surface area (Å²) in [5.74, 6) is -0.803. The third kappa shape index (κ3) is 5.95. The number of aromatic nitrogens is 1. The molecule has 27 heavy (non-hydrogen) atoms. The van der Waals surface area contributed by atoms with Gasteiger partial charge in [0.15, 0.2) is 0 Å². The van der Waals surface area contributed by atoms with E-state index < -0.39 is 11.9 Å². The van der Waals surface area contributed by atoms with Gasteiger partial charge in [0.2, 0.25) is 0 Å². The first-order chi connectivity index (χ1) is 13.1. The number of rotatable bonds is 8. The molecule has 1 heterocycles. The molecule has 0 atom stereocenters. The lowest BCUT2D eigenvalue weighted by Gasteiger charge is -2.07. The zero-order chi connectivity index (χ0) is 19.6. The van der Waals surface area contributed by atoms with Gasteiger partial charge < -0.3 is 14.2 Å². The van der Waals surface area contributed by atoms with Crippen molar-refractivity contribution in [2.75, 3.05) is 20.8 Å². The largest absolute Gasteiger partial charge is 0.493 e. The second-order valence-electron chi connectivity index (χ2n) is 5.72. The number of nitrogens with zero attached hydrogens (tertiary/aromatic N) is 1. The predicted molar refractivity (Wildman–Crippen MR) is 101 cm³/mol. The molecule has 1 aromatic carbocycles. The number of hydrogen-bond donors (Lipinski definition) is 0. The topological polar surface area (TPSA) is 74.7 Å². The summed E-state index contributed by atoms with van der Waals surface area (Å²) in [4.78, 5) is 27.8. The van der Waals surface area contributed by atoms with Gasteiger partial charge >= 0.3 is 11.9 Å². The van der Waals surface area contributed by atoms with Crippen molar-refractivity contribution in [3.63, 3.8) is 0 Å². The van der Waals surface area contributed by atoms with Crippen molar-refractivity contribution < 1.29 is 23.8 Å². The van der Waals surface area contributed by atoms with Gasteiger partial charge in [0, 0.05) is 18.3 Å². The highest BCUT2D eigenvalue weighted by molar-refractivity contribution is 6.17. The van der Waals surface area contributed by atoms with Crippen LogP contribution in [0, 0.1) is 0 Å². The number of ether oxygens (including phenoxy) is 3. The summed E-state index contributed by atoms with van der Waals surface area (Å²) < 4.78 is 14.9. The molecule has 0 unspecified atom stereocenters. The van der Waals surface area contributed by atoms with E-state index in [1.54, 1.807) is 24.3 Å². The molecule has 0 N–H and O–H groups in total. The fraction of sp³-hybridized carbons (Fsp3) is 0.286. The van der Waals surface area contributed by atoms with E-state index in [2.05, 4.69) is 27.4 Å². The molecule has 142 valence electrons. The van der Waals surface area contributed by atoms with Gasteiger partial charge in [-0.25, -0.2) is 9.59 Å². The molecule has 0 bridgehead atoms. The van der Waals surface area contributed by atoms with Crippen LogP contribution in [0.4, 0.5) is 0 Å². The van der Waals surface area contributed by atoms with Crippen molar-refractivity contribution in [3.8, 4) is 5.75 Å². The first kappa shape index (κ1) is 20.2. The maximum Gasteiger partial charge on any atom is 0.345 e. The van der Waals surface area contributed by atoms with Crippen LogP contribution in [0.15, 0.2) is 48.2 Å². The van der Waals surface area contributed by atoms with Crippen LogP contribution in [0.5, 0.6) is 5.75 Å². The monoisotopic (exact) mass is 369 g/mol. The maximum atomic E-state index is 11.7. The molecule has 0 amide bonds. The van der Waals surface area contributed by atoms with Gasteiger partial charge in [0.1, 0.15) is 11.3 Å². The molecule has 0 saturated heterocycles. The lowest BCUT2D eigenvalue weighted by atomic mass is 10.1. The van der Waals surface area contributed by atoms with Crippen LogP contribution in [0.25, 0.3) is 6.08 Å². The molecule has 0 saturated carbocycles. The summed E-state index contributed by atoms with van der Waals surface area (Å²) >= 11 is 0. The van der Waals surface area contributed by atoms with E-state index in [0.717, 1.165) is 12.1 Å². The molecule has 6 heteroatoms. The Morgan fingerprint density at radius 1 is 1.00 bits per heavy atom. The normalized spacial score (nSPS) is 10.0. The van der Waals surface area contributed by atoms with E-state index in [9.17, 15) is 9.59 Å². The van der Waals surface area contributed by atoms with Gasteiger partial charge in [-0.1, -0.05) is 25.1 Å². The quantitative estimate of drug-likeness (QED) is 0.308. The van der Waals surface area contributed by atoms with Crippen molar-refractivity contribution >= 4 is 18.0 Å². The fourth-order valence-corrected chi connectivity index (χ4v) is 2.33. The number of hydrogen-bond acceptors (Lipinski definition) is 6. The highest BCUT2D eigenvalue weighted by Crippen LogP contribution is 2.16. The summed E-state index contributed by atoms with van der Waals surface area (Å²) in [6.45, 7) is 2.60. The van der Waals surface area contributed by atoms with E-state index in [1.807, 2.05) is 12.3 Å². The minimum Gasteiger partial charge on any atom is -0.493 e. The van der Waals surface area contributed by atoms with E-state index >= 15 is 0 Å². The third-order valence-corrected chi connectivity index (χ3v) is 3.92. The van der Waals surface area contributed by atoms with Crippen LogP contribution < -0.4 is 4.74 Å². The van der Waals surface area contributed by atoms with Crippen molar-refractivity contribution in [1.29, 1.82) is 0 Å². The second-order valence-corrected chi connectivity index (χ2v) is 5.72. The molecule has 2 rings (SSSR count). The molecular weight excluding hydrogens is 346 g/mol. The molecule has 6 nitrogen and oxygen atoms in total. The highest BCUT2D eigenvalue weighted by atomic mass is 16.5. The van der Waals surface area contributed by atoms with Crippen LogP contribution in [-0.4, -0.2) is 37.7 Å². The third-order valence-electron chi connectivity index (χ3n) is 3.92. The number of aryl methyl sites for hydroxylation is 1. The molecule has 1 aromatic heterocycles. The zero-order valence-corrected chi connectivity index (χ0v) is 15.7. The van der Waals surface area contributed by atoms with Gasteiger partial charge in [-0.05, 0) is 41.8 Å². The smallest absolute Gasteiger partial charge is 0.345 e. The Morgan fingerprint density at radius 2 is 1.67 bits per heavy atom. The highest BCUT2D eigenvalue weighted by Gasteiger charge is 2.19. The lowest BCUT2D eigenvalue weighted by molar-refractivity contribution is -0.143. The average Bonchev–Trinajstić information content (AvgIpc) is 2.72. The van der Waals surface area contributed by atoms with Gasteiger partial charge in [-0.15, -0.1) is 0 Å². The number of carbonyl (C=O) groups is 2. The van der Waals surface area contributed by atoms with E-state index in [1.165, 1.54) is 25.9 Å². The van der Waals surface area contributed by atoms with Gasteiger partial charge in [-0.3, -0.25) is 4.98 Å². The summed E-state index contributed by atoms with van der Waals surface area (Å²) in [7, 11) is 2.42. The molecular formula is C21H23NO5. The SMILES string of the molecule is CCc1ccc(CCOc2ccc(C=C(C(=O)OC)C(=O)OC)cc2)nc1. The van der Waals surface area contributed by atoms with Crippen molar-refractivity contribution in [1.82, 2.24) is 4.98 Å². The van der Waals surface area contributed by atoms with Crippen LogP contribution in [-0.2, 0) is 31.9 Å². The molecule has 0 aliphatic heterocycles. The average molecular weight is 369 g/mol. The van der Waals surface area contributed by atoms with Crippen LogP contribution >= 0.6 is 0 Å². The van der Waals surface area contributed by atoms with E-state index in [-0.39, 0.29) is 5.57 Å². The molecule has 0 radical (unpaired) electrons. The standard InChI is InChI=1S/C21H23NO5/c1-4-15-5-8-17(22-14-15)11-12-27-18-9-6-16(7-10-18)13-19(20(23)25-2)21(24)26-3/h5-10,13-14H,4,11-12H2,1-3H3. The van der Waals surface area contributed by atoms with Crippen molar-refractivity contribution in [2.45, 2.75) is 19.8 Å². The Balaban J connectivity index is 1.96. The van der Waals surface area contributed by atoms with Gasteiger partial charge in [-0.2, -0.15) is 0 Å². The minimum atomic E-state index is -0.747. The Hall–Kier alpha value is -3.15. The van der Waals surface area contributed by atoms with E-state index in [0.29, 0.717) is 24.3 Å². The zero-order valence-electron chi connectivity index (χ0n) is 15.7. The minimum absolute atomic E-state index is 0.171. The summed E-state index contributed by atoms with van der Waals surface area (Å²) in [5.41, 5.74) is 2.68. The lowest BCUT2D eigenvalue weighted by Crippen LogP contribution is -2.15. The van der Waals surface area contributed by atoms with Crippen LogP contribution in [0.3, 0.4) is 0 Å². The predicted octanol–water partition coefficient (Wildman–Crippen LogP) is 2.99. The first-order valence-electron chi connectivity index (χ1n) is 8.62. The fourth-order valence-electron chi connectivity index (χ4n) is 2.33. The number of carbonyl (C=O) groups excluding carboxylic acids is 2. The van der Waals surface area contributed by atoms with Crippen molar-refractivity contribution in [3.05, 3.63) is 65.0 Å². The summed E-state index contributed by atoms with van der Waals surface area (Å²) in [6.07, 6.45) is 4.98. The van der Waals surface area contributed by atoms with Crippen LogP contribution in [0.2, 0.25) is 0 Å². The van der Waals surface area contributed by atoms with Crippen molar-refractivity contribution in [2.24, 2.45) is 0 Å². The molecule has 2 aromatic rings. The molecule has 0 spiro atoms. The Bertz CT molecular complexity index is 776. The van der Waals surface area contributed by atoms with Gasteiger partial charge in [0.25, 0.3) is 0 Å². The Morgan fingerprint density at radius 3 is 2.19 bits per heavy atom. The Kier molecular flexibility index (Phi) is 7.55. The molecule has 0 aliphatic rings. The van der Waals surface area contributed by atoms with Gasteiger partial charge in [0.05, 0.1) is 20.8 Å². The number of esters is 2. The summed E-state index contributed by atoms with van der Waals surface area (Å²) in [6, 6.07) is 11.1. The number of methoxy groups -OCH3 is 2. The number of benzene rings is 1. The molecule has 0 aliphatic carbocycles. The second kappa shape index (κ2) is 10.1. The molecule has 0 fully saturated rings. The Labute approximate surface area is 158 Å². The maximum absolute atomic E-state index is 11.7. The van der Waals surface area contributed by atoms with E-state index in [4.69, 9.17) is 4.74 Å². The van der Waals surface area contributed by atoms with Crippen LogP contribution in [0.1, 0.15) is 23.7 Å². The number of pyridine rings is 1. The summed E-state index contributed by atoms with van der Waals surface area (Å²) in [5, 5.41) is 0. The first-order valence-corrected chi connectivity index (χ1v) is 8.62.